The summed E-state index contributed by atoms with van der Waals surface area (Å²) >= 11 is 0.924. The van der Waals surface area contributed by atoms with Gasteiger partial charge in [-0.25, -0.2) is 4.79 Å². The second kappa shape index (κ2) is 7.59. The second-order valence-corrected chi connectivity index (χ2v) is 5.85. The lowest BCUT2D eigenvalue weighted by atomic mass is 10.2. The van der Waals surface area contributed by atoms with Gasteiger partial charge < -0.3 is 20.2 Å². The highest BCUT2D eigenvalue weighted by Gasteiger charge is 2.13. The normalized spacial score (nSPS) is 10.3. The lowest BCUT2D eigenvalue weighted by molar-refractivity contribution is 0.0701. The van der Waals surface area contributed by atoms with Crippen LogP contribution >= 0.6 is 11.3 Å². The van der Waals surface area contributed by atoms with Gasteiger partial charge in [-0.3, -0.25) is 9.59 Å². The lowest BCUT2D eigenvalue weighted by Crippen LogP contribution is -2.29. The predicted octanol–water partition coefficient (Wildman–Crippen LogP) is 1.90. The van der Waals surface area contributed by atoms with Gasteiger partial charge in [-0.05, 0) is 31.5 Å². The van der Waals surface area contributed by atoms with Gasteiger partial charge in [0.2, 0.25) is 0 Å². The van der Waals surface area contributed by atoms with E-state index < -0.39 is 5.97 Å². The summed E-state index contributed by atoms with van der Waals surface area (Å²) < 4.78 is 5.07. The van der Waals surface area contributed by atoms with Gasteiger partial charge in [-0.1, -0.05) is 0 Å². The summed E-state index contributed by atoms with van der Waals surface area (Å²) in [6.45, 7) is 2.55. The van der Waals surface area contributed by atoms with Crippen LogP contribution in [0.2, 0.25) is 0 Å². The number of amides is 2. The minimum absolute atomic E-state index is 0.122. The molecule has 8 heteroatoms. The van der Waals surface area contributed by atoms with E-state index in [-0.39, 0.29) is 22.5 Å². The monoisotopic (exact) mass is 336 g/mol. The van der Waals surface area contributed by atoms with E-state index in [1.54, 1.807) is 13.0 Å². The summed E-state index contributed by atoms with van der Waals surface area (Å²) in [6, 6.07) is 4.58. The summed E-state index contributed by atoms with van der Waals surface area (Å²) in [5, 5.41) is 14.2. The molecule has 0 saturated heterocycles. The van der Waals surface area contributed by atoms with Gasteiger partial charge in [0.1, 0.15) is 4.88 Å². The first-order valence-corrected chi connectivity index (χ1v) is 7.74. The van der Waals surface area contributed by atoms with E-state index in [0.29, 0.717) is 24.4 Å². The molecule has 0 fully saturated rings. The molecular weight excluding hydrogens is 320 g/mol. The smallest absolute Gasteiger partial charge is 0.345 e. The zero-order valence-electron chi connectivity index (χ0n) is 12.4. The quantitative estimate of drug-likeness (QED) is 0.669. The van der Waals surface area contributed by atoms with Crippen molar-refractivity contribution in [2.24, 2.45) is 0 Å². The zero-order chi connectivity index (χ0) is 16.8. The molecule has 2 amide bonds. The van der Waals surface area contributed by atoms with Crippen molar-refractivity contribution in [2.75, 3.05) is 13.1 Å². The number of furan rings is 1. The first-order chi connectivity index (χ1) is 11.0. The number of thiophene rings is 1. The van der Waals surface area contributed by atoms with Crippen molar-refractivity contribution < 1.29 is 23.9 Å². The molecule has 0 unspecified atom stereocenters. The van der Waals surface area contributed by atoms with Crippen molar-refractivity contribution in [3.8, 4) is 0 Å². The molecule has 2 rings (SSSR count). The molecule has 0 aliphatic carbocycles. The predicted molar refractivity (Wildman–Crippen MR) is 84.0 cm³/mol. The standard InChI is InChI=1S/C15H16N2O5S/c1-9-5-8-22-12(9)14(19)17-7-2-6-16-13(18)10-3-4-11(23-10)15(20)21/h3-5,8H,2,6-7H2,1H3,(H,16,18)(H,17,19)(H,20,21). The van der Waals surface area contributed by atoms with Crippen LogP contribution in [-0.4, -0.2) is 36.0 Å². The third kappa shape index (κ3) is 4.43. The first-order valence-electron chi connectivity index (χ1n) is 6.92. The molecule has 0 aromatic carbocycles. The summed E-state index contributed by atoms with van der Waals surface area (Å²) in [5.74, 6) is -1.38. The highest BCUT2D eigenvalue weighted by atomic mass is 32.1. The van der Waals surface area contributed by atoms with E-state index in [2.05, 4.69) is 10.6 Å². The first kappa shape index (κ1) is 16.8. The molecule has 7 nitrogen and oxygen atoms in total. The molecule has 2 heterocycles. The molecule has 0 saturated carbocycles. The van der Waals surface area contributed by atoms with Crippen LogP contribution in [0.4, 0.5) is 0 Å². The number of nitrogens with one attached hydrogen (secondary N) is 2. The number of carboxylic acids is 1. The highest BCUT2D eigenvalue weighted by Crippen LogP contribution is 2.16. The fourth-order valence-electron chi connectivity index (χ4n) is 1.84. The Bertz CT molecular complexity index is 719. The maximum absolute atomic E-state index is 11.8. The molecule has 2 aromatic rings. The van der Waals surface area contributed by atoms with Crippen molar-refractivity contribution in [1.82, 2.24) is 10.6 Å². The Morgan fingerprint density at radius 3 is 2.30 bits per heavy atom. The Kier molecular flexibility index (Phi) is 5.53. The van der Waals surface area contributed by atoms with Gasteiger partial charge in [0.25, 0.3) is 11.8 Å². The number of carbonyl (C=O) groups is 3. The second-order valence-electron chi connectivity index (χ2n) is 4.77. The Morgan fingerprint density at radius 2 is 1.74 bits per heavy atom. The number of aromatic carboxylic acids is 1. The number of rotatable bonds is 7. The topological polar surface area (TPSA) is 109 Å². The Labute approximate surface area is 136 Å². The molecule has 0 aliphatic rings. The van der Waals surface area contributed by atoms with Gasteiger partial charge >= 0.3 is 5.97 Å². The van der Waals surface area contributed by atoms with Gasteiger partial charge in [0.05, 0.1) is 11.1 Å². The fourth-order valence-corrected chi connectivity index (χ4v) is 2.60. The summed E-state index contributed by atoms with van der Waals surface area (Å²) in [6.07, 6.45) is 2.01. The van der Waals surface area contributed by atoms with Crippen LogP contribution in [0, 0.1) is 6.92 Å². The Morgan fingerprint density at radius 1 is 1.09 bits per heavy atom. The average molecular weight is 336 g/mol. The highest BCUT2D eigenvalue weighted by molar-refractivity contribution is 7.15. The molecule has 0 radical (unpaired) electrons. The Balaban J connectivity index is 1.69. The van der Waals surface area contributed by atoms with Crippen LogP contribution in [0.15, 0.2) is 28.9 Å². The van der Waals surface area contributed by atoms with Crippen LogP contribution < -0.4 is 10.6 Å². The van der Waals surface area contributed by atoms with E-state index in [0.717, 1.165) is 16.9 Å². The Hall–Kier alpha value is -2.61. The van der Waals surface area contributed by atoms with E-state index in [1.165, 1.54) is 18.4 Å². The number of hydrogen-bond donors (Lipinski definition) is 3. The SMILES string of the molecule is Cc1ccoc1C(=O)NCCCNC(=O)c1ccc(C(=O)O)s1. The van der Waals surface area contributed by atoms with Crippen molar-refractivity contribution in [3.05, 3.63) is 45.5 Å². The van der Waals surface area contributed by atoms with Crippen LogP contribution in [0.3, 0.4) is 0 Å². The lowest BCUT2D eigenvalue weighted by Gasteiger charge is -2.05. The number of carbonyl (C=O) groups excluding carboxylic acids is 2. The third-order valence-electron chi connectivity index (χ3n) is 3.03. The molecule has 0 bridgehead atoms. The average Bonchev–Trinajstić information content (AvgIpc) is 3.15. The molecule has 3 N–H and O–H groups in total. The molecule has 122 valence electrons. The molecule has 0 spiro atoms. The van der Waals surface area contributed by atoms with Gasteiger partial charge in [-0.15, -0.1) is 11.3 Å². The van der Waals surface area contributed by atoms with E-state index in [1.807, 2.05) is 0 Å². The van der Waals surface area contributed by atoms with Gasteiger partial charge in [0.15, 0.2) is 5.76 Å². The molecular formula is C15H16N2O5S. The maximum Gasteiger partial charge on any atom is 0.345 e. The van der Waals surface area contributed by atoms with E-state index >= 15 is 0 Å². The number of aryl methyl sites for hydroxylation is 1. The maximum atomic E-state index is 11.8. The van der Waals surface area contributed by atoms with E-state index in [4.69, 9.17) is 9.52 Å². The number of carboxylic acid groups (broad SMARTS) is 1. The van der Waals surface area contributed by atoms with Gasteiger partial charge in [0, 0.05) is 18.7 Å². The van der Waals surface area contributed by atoms with Crippen LogP contribution in [0.1, 0.15) is 41.9 Å². The van der Waals surface area contributed by atoms with E-state index in [9.17, 15) is 14.4 Å². The molecule has 23 heavy (non-hydrogen) atoms. The summed E-state index contributed by atoms with van der Waals surface area (Å²) in [5.41, 5.74) is 0.766. The minimum Gasteiger partial charge on any atom is -0.477 e. The zero-order valence-corrected chi connectivity index (χ0v) is 13.2. The molecule has 0 atom stereocenters. The van der Waals surface area contributed by atoms with Crippen LogP contribution in [0.5, 0.6) is 0 Å². The van der Waals surface area contributed by atoms with Crippen molar-refractivity contribution in [1.29, 1.82) is 0 Å². The number of hydrogen-bond acceptors (Lipinski definition) is 5. The fraction of sp³-hybridized carbons (Fsp3) is 0.267. The minimum atomic E-state index is -1.05. The summed E-state index contributed by atoms with van der Waals surface area (Å²) in [4.78, 5) is 34.8. The third-order valence-corrected chi connectivity index (χ3v) is 4.11. The molecule has 2 aromatic heterocycles. The molecule has 0 aliphatic heterocycles. The summed E-state index contributed by atoms with van der Waals surface area (Å²) in [7, 11) is 0. The van der Waals surface area contributed by atoms with Crippen molar-refractivity contribution >= 4 is 29.1 Å². The van der Waals surface area contributed by atoms with Crippen LogP contribution in [-0.2, 0) is 0 Å². The van der Waals surface area contributed by atoms with Crippen molar-refractivity contribution in [3.63, 3.8) is 0 Å². The van der Waals surface area contributed by atoms with Gasteiger partial charge in [-0.2, -0.15) is 0 Å². The van der Waals surface area contributed by atoms with Crippen molar-refractivity contribution in [2.45, 2.75) is 13.3 Å². The van der Waals surface area contributed by atoms with Crippen LogP contribution in [0.25, 0.3) is 0 Å². The largest absolute Gasteiger partial charge is 0.477 e.